The number of nitrogens with two attached hydrogens (primary N) is 2. The van der Waals surface area contributed by atoms with E-state index in [4.69, 9.17) is 39.4 Å². The molecule has 2 aliphatic heterocycles. The molecule has 44 heavy (non-hydrogen) atoms. The maximum absolute atomic E-state index is 14.8. The summed E-state index contributed by atoms with van der Waals surface area (Å²) in [5, 5.41) is 0.863. The Balaban J connectivity index is 1.69. The van der Waals surface area contributed by atoms with Gasteiger partial charge in [0.2, 0.25) is 0 Å². The van der Waals surface area contributed by atoms with Crippen molar-refractivity contribution in [3.05, 3.63) is 141 Å². The predicted molar refractivity (Wildman–Crippen MR) is 169 cm³/mol. The van der Waals surface area contributed by atoms with Gasteiger partial charge in [0.25, 0.3) is 0 Å². The van der Waals surface area contributed by atoms with Gasteiger partial charge in [0, 0.05) is 21.2 Å². The Bertz CT molecular complexity index is 1660. The molecule has 4 aromatic carbocycles. The van der Waals surface area contributed by atoms with Crippen molar-refractivity contribution in [3.8, 4) is 0 Å². The largest absolute Gasteiger partial charge is 0.386 e. The van der Waals surface area contributed by atoms with Crippen LogP contribution in [0.25, 0.3) is 0 Å². The van der Waals surface area contributed by atoms with Crippen molar-refractivity contribution in [2.75, 3.05) is 0 Å². The van der Waals surface area contributed by atoms with Crippen LogP contribution in [0.1, 0.15) is 44.1 Å². The zero-order valence-corrected chi connectivity index (χ0v) is 24.7. The lowest BCUT2D eigenvalue weighted by Gasteiger charge is -2.54. The number of rotatable bonds is 6. The zero-order valence-electron chi connectivity index (χ0n) is 23.1. The van der Waals surface area contributed by atoms with Gasteiger partial charge in [-0.25, -0.2) is 4.79 Å². The topological polar surface area (TPSA) is 137 Å². The molecule has 1 spiro atoms. The number of amides is 2. The number of hydrogen-bond donors (Lipinski definition) is 2. The van der Waals surface area contributed by atoms with Gasteiger partial charge < -0.3 is 16.2 Å². The third-order valence-corrected chi connectivity index (χ3v) is 8.74. The second kappa shape index (κ2) is 11.8. The van der Waals surface area contributed by atoms with E-state index in [9.17, 15) is 14.4 Å². The van der Waals surface area contributed by atoms with Gasteiger partial charge in [-0.05, 0) is 59.7 Å². The van der Waals surface area contributed by atoms with Crippen LogP contribution in [0.2, 0.25) is 10.0 Å². The van der Waals surface area contributed by atoms with Crippen LogP contribution < -0.4 is 11.5 Å². The minimum absolute atomic E-state index is 0.275. The van der Waals surface area contributed by atoms with E-state index < -0.39 is 47.1 Å². The van der Waals surface area contributed by atoms with E-state index >= 15 is 0 Å². The Kier molecular flexibility index (Phi) is 7.90. The summed E-state index contributed by atoms with van der Waals surface area (Å²) in [7, 11) is 0. The normalized spacial score (nSPS) is 22.6. The van der Waals surface area contributed by atoms with Crippen molar-refractivity contribution in [2.24, 2.45) is 38.7 Å². The molecule has 1 fully saturated rings. The molecule has 4 aromatic rings. The molecule has 0 aromatic heterocycles. The summed E-state index contributed by atoms with van der Waals surface area (Å²) in [6, 6.07) is 29.9. The van der Waals surface area contributed by atoms with Gasteiger partial charge in [-0.2, -0.15) is 9.98 Å². The molecule has 6 rings (SSSR count). The molecule has 10 heteroatoms. The highest BCUT2D eigenvalue weighted by molar-refractivity contribution is 6.31. The number of urea groups is 1. The average Bonchev–Trinajstić information content (AvgIpc) is 3.03. The molecule has 8 nitrogen and oxygen atoms in total. The lowest BCUT2D eigenvalue weighted by Crippen LogP contribution is -2.67. The summed E-state index contributed by atoms with van der Waals surface area (Å²) in [4.78, 5) is 50.2. The van der Waals surface area contributed by atoms with Crippen LogP contribution in [0.5, 0.6) is 0 Å². The van der Waals surface area contributed by atoms with Crippen molar-refractivity contribution in [1.82, 2.24) is 0 Å². The minimum atomic E-state index is -1.87. The van der Waals surface area contributed by atoms with Gasteiger partial charge in [0.15, 0.2) is 11.6 Å². The third kappa shape index (κ3) is 5.01. The van der Waals surface area contributed by atoms with Crippen LogP contribution in [-0.4, -0.2) is 29.3 Å². The van der Waals surface area contributed by atoms with Crippen LogP contribution in [0.3, 0.4) is 0 Å². The van der Waals surface area contributed by atoms with Crippen molar-refractivity contribution in [2.45, 2.75) is 12.2 Å². The number of benzene rings is 4. The SMILES string of the molecule is NC1=NC(=O)N=C(N)C12C(C(=O)c1ccc(Cl)cc1)C(c1ccccc1)OC(c1ccccc1)C2C(=O)c1ccc(Cl)cc1. The Morgan fingerprint density at radius 3 is 1.34 bits per heavy atom. The summed E-state index contributed by atoms with van der Waals surface area (Å²) in [6.45, 7) is 0. The van der Waals surface area contributed by atoms with Gasteiger partial charge in [-0.3, -0.25) is 9.59 Å². The second-order valence-electron chi connectivity index (χ2n) is 10.6. The lowest BCUT2D eigenvalue weighted by molar-refractivity contribution is -0.128. The second-order valence-corrected chi connectivity index (χ2v) is 11.5. The molecule has 4 atom stereocenters. The van der Waals surface area contributed by atoms with E-state index in [2.05, 4.69) is 9.98 Å². The summed E-state index contributed by atoms with van der Waals surface area (Å²) in [5.74, 6) is -4.01. The van der Waals surface area contributed by atoms with Crippen LogP contribution >= 0.6 is 23.2 Å². The van der Waals surface area contributed by atoms with E-state index in [1.807, 2.05) is 60.7 Å². The number of amidine groups is 2. The van der Waals surface area contributed by atoms with E-state index in [0.717, 1.165) is 0 Å². The minimum Gasteiger partial charge on any atom is -0.386 e. The number of nitrogens with zero attached hydrogens (tertiary/aromatic N) is 2. The molecule has 0 bridgehead atoms. The molecular formula is C34H26Cl2N4O4. The third-order valence-electron chi connectivity index (χ3n) is 8.24. The van der Waals surface area contributed by atoms with Crippen molar-refractivity contribution < 1.29 is 19.1 Å². The monoisotopic (exact) mass is 624 g/mol. The molecule has 220 valence electrons. The maximum atomic E-state index is 14.8. The molecular weight excluding hydrogens is 599 g/mol. The fraction of sp³-hybridized carbons (Fsp3) is 0.147. The fourth-order valence-electron chi connectivity index (χ4n) is 6.27. The smallest absolute Gasteiger partial charge is 0.370 e. The van der Waals surface area contributed by atoms with Crippen molar-refractivity contribution >= 4 is 52.5 Å². The number of ether oxygens (including phenoxy) is 1. The van der Waals surface area contributed by atoms with Crippen molar-refractivity contribution in [3.63, 3.8) is 0 Å². The number of aliphatic imine (C=N–C) groups is 2. The van der Waals surface area contributed by atoms with Crippen LogP contribution in [-0.2, 0) is 4.74 Å². The van der Waals surface area contributed by atoms with E-state index in [1.54, 1.807) is 48.5 Å². The highest BCUT2D eigenvalue weighted by Gasteiger charge is 2.67. The molecule has 0 radical (unpaired) electrons. The predicted octanol–water partition coefficient (Wildman–Crippen LogP) is 6.64. The van der Waals surface area contributed by atoms with E-state index in [0.29, 0.717) is 21.2 Å². The van der Waals surface area contributed by atoms with E-state index in [1.165, 1.54) is 0 Å². The number of hydrogen-bond acceptors (Lipinski definition) is 6. The molecule has 1 saturated heterocycles. The first-order valence-corrected chi connectivity index (χ1v) is 14.6. The Hall–Kier alpha value is -4.63. The highest BCUT2D eigenvalue weighted by Crippen LogP contribution is 2.58. The van der Waals surface area contributed by atoms with E-state index in [-0.39, 0.29) is 22.8 Å². The number of carbonyl (C=O) groups excluding carboxylic acids is 3. The number of halogens is 2. The van der Waals surface area contributed by atoms with Crippen LogP contribution in [0, 0.1) is 17.3 Å². The Morgan fingerprint density at radius 2 is 0.977 bits per heavy atom. The first kappa shape index (κ1) is 29.4. The maximum Gasteiger partial charge on any atom is 0.370 e. The Labute approximate surface area is 263 Å². The van der Waals surface area contributed by atoms with Gasteiger partial charge in [0.1, 0.15) is 17.1 Å². The number of Topliss-reactive ketones (excluding diaryl/α,β-unsaturated/α-hetero) is 2. The van der Waals surface area contributed by atoms with Gasteiger partial charge in [-0.15, -0.1) is 0 Å². The molecule has 4 N–H and O–H groups in total. The van der Waals surface area contributed by atoms with Gasteiger partial charge in [-0.1, -0.05) is 83.9 Å². The summed E-state index contributed by atoms with van der Waals surface area (Å²) in [6.07, 6.45) is -1.98. The Morgan fingerprint density at radius 1 is 0.614 bits per heavy atom. The van der Waals surface area contributed by atoms with Crippen LogP contribution in [0.15, 0.2) is 119 Å². The van der Waals surface area contributed by atoms with Crippen LogP contribution in [0.4, 0.5) is 4.79 Å². The molecule has 2 heterocycles. The first-order valence-electron chi connectivity index (χ1n) is 13.8. The van der Waals surface area contributed by atoms with Crippen molar-refractivity contribution in [1.29, 1.82) is 0 Å². The zero-order chi connectivity index (χ0) is 31.0. The lowest BCUT2D eigenvalue weighted by atomic mass is 9.54. The molecule has 0 aliphatic carbocycles. The highest BCUT2D eigenvalue weighted by atomic mass is 35.5. The number of ketones is 2. The summed E-state index contributed by atoms with van der Waals surface area (Å²) < 4.78 is 6.87. The first-order chi connectivity index (χ1) is 21.2. The standard InChI is InChI=1S/C34H26Cl2N4O4/c35-23-15-11-19(12-16-23)27(41)25-29(21-7-3-1-4-8-21)44-30(22-9-5-2-6-10-22)26(28(42)20-13-17-24(36)18-14-20)34(25)31(37)39-33(43)40-32(34)38/h1-18,25-26,29-30H,(H4,37,38,39,40,43). The number of carbonyl (C=O) groups is 3. The summed E-state index contributed by atoms with van der Waals surface area (Å²) in [5.41, 5.74) is 13.4. The molecule has 2 aliphatic rings. The quantitative estimate of drug-likeness (QED) is 0.231. The fourth-order valence-corrected chi connectivity index (χ4v) is 6.53. The van der Waals surface area contributed by atoms with Gasteiger partial charge >= 0.3 is 6.03 Å². The molecule has 4 unspecified atom stereocenters. The molecule has 2 amide bonds. The molecule has 0 saturated carbocycles. The van der Waals surface area contributed by atoms with Gasteiger partial charge in [0.05, 0.1) is 24.0 Å². The summed E-state index contributed by atoms with van der Waals surface area (Å²) >= 11 is 12.3. The average molecular weight is 626 g/mol.